The third-order valence-corrected chi connectivity index (χ3v) is 18.5. The Morgan fingerprint density at radius 1 is 0.182 bits per heavy atom. The molecule has 0 aliphatic carbocycles. The summed E-state index contributed by atoms with van der Waals surface area (Å²) < 4.78 is 13.4. The highest BCUT2D eigenvalue weighted by Crippen LogP contribution is 2.57. The van der Waals surface area contributed by atoms with Gasteiger partial charge >= 0.3 is 0 Å². The van der Waals surface area contributed by atoms with Gasteiger partial charge in [0.05, 0.1) is 34.1 Å². The fourth-order valence-electron chi connectivity index (χ4n) is 15.0. The van der Waals surface area contributed by atoms with Gasteiger partial charge in [0.1, 0.15) is 0 Å². The van der Waals surface area contributed by atoms with E-state index < -0.39 is 0 Å². The van der Waals surface area contributed by atoms with Crippen LogP contribution in [-0.4, -0.2) is 13.4 Å². The van der Waals surface area contributed by atoms with Crippen LogP contribution < -0.4 is 71.7 Å². The van der Waals surface area contributed by atoms with Gasteiger partial charge in [-0.3, -0.25) is 0 Å². The zero-order valence-electron chi connectivity index (χ0n) is 47.5. The summed E-state index contributed by atoms with van der Waals surface area (Å²) in [5.41, 5.74) is 26.7. The molecule has 13 aromatic rings. The fraction of sp³-hybridized carbons (Fsp3) is 0. The summed E-state index contributed by atoms with van der Waals surface area (Å²) in [6.45, 7) is -0.344. The Balaban J connectivity index is 0.931. The van der Waals surface area contributed by atoms with Gasteiger partial charge in [0, 0.05) is 68.2 Å². The van der Waals surface area contributed by atoms with Crippen molar-refractivity contribution in [2.75, 3.05) is 29.4 Å². The molecule has 0 aromatic heterocycles. The number of benzene rings is 13. The fourth-order valence-corrected chi connectivity index (χ4v) is 15.0. The molecular formula is C78H50B2N6O2. The topological polar surface area (TPSA) is 37.9 Å². The molecule has 0 radical (unpaired) electrons. The number of ether oxygens (including phenoxy) is 2. The molecule has 0 fully saturated rings. The molecule has 0 amide bonds. The molecule has 19 rings (SSSR count). The maximum absolute atomic E-state index is 6.70. The van der Waals surface area contributed by atoms with Crippen molar-refractivity contribution in [3.8, 4) is 23.0 Å². The van der Waals surface area contributed by atoms with Crippen LogP contribution in [0, 0.1) is 0 Å². The Kier molecular flexibility index (Phi) is 10.5. The molecule has 0 spiro atoms. The molecule has 0 atom stereocenters. The Hall–Kier alpha value is -11.6. The first-order chi connectivity index (χ1) is 43.7. The predicted molar refractivity (Wildman–Crippen MR) is 364 cm³/mol. The van der Waals surface area contributed by atoms with E-state index in [0.29, 0.717) is 0 Å². The lowest BCUT2D eigenvalue weighted by Gasteiger charge is -2.48. The van der Waals surface area contributed by atoms with Crippen molar-refractivity contribution in [1.29, 1.82) is 0 Å². The Labute approximate surface area is 511 Å². The molecule has 6 aliphatic rings. The SMILES string of the molecule is c1ccc(N2c3ccccc3B3c4cc5c(cc4N(c4ccccc4)c4cc(N6c7ccccc7Oc7ccccc76)cc2c43)N(c2ccccc2)c2cc(N3c4ccccc4Oc4ccccc43)cc3c2B5c2ccccc2N3c2ccccc2)cc1. The summed E-state index contributed by atoms with van der Waals surface area (Å²) in [7, 11) is 0. The monoisotopic (exact) mass is 1120 g/mol. The van der Waals surface area contributed by atoms with Crippen LogP contribution in [0.5, 0.6) is 23.0 Å². The van der Waals surface area contributed by atoms with Crippen LogP contribution in [0.2, 0.25) is 0 Å². The van der Waals surface area contributed by atoms with Crippen LogP contribution >= 0.6 is 0 Å². The van der Waals surface area contributed by atoms with E-state index in [-0.39, 0.29) is 13.4 Å². The van der Waals surface area contributed by atoms with Gasteiger partial charge in [-0.05, 0) is 172 Å². The first-order valence-electron chi connectivity index (χ1n) is 30.1. The molecule has 410 valence electrons. The summed E-state index contributed by atoms with van der Waals surface area (Å²) in [6, 6.07) is 111. The highest BCUT2D eigenvalue weighted by Gasteiger charge is 2.49. The van der Waals surface area contributed by atoms with Gasteiger partial charge in [0.2, 0.25) is 0 Å². The van der Waals surface area contributed by atoms with Crippen molar-refractivity contribution in [2.45, 2.75) is 0 Å². The van der Waals surface area contributed by atoms with E-state index in [1.807, 2.05) is 0 Å². The zero-order valence-corrected chi connectivity index (χ0v) is 47.5. The average Bonchev–Trinajstić information content (AvgIpc) is 0.726. The molecule has 0 saturated carbocycles. The standard InChI is InChI=1S/C78H50B2N6O2/c1-5-25-51(26-6-1)81-61-35-15-13-33-57(61)79-59-49-60-68(50-67(59)83(53-29-9-3-10-30-53)71-47-55(45-69(81)77(71)79)85-63-37-17-21-41-73(63)87-74-42-22-18-38-64(74)85)84(54-31-11-4-12-32-54)72-48-56(86-65-39-19-23-43-75(65)88-76-44-24-20-40-66(76)86)46-70-78(72)80(60)58-34-14-16-36-62(58)82(70)52-27-7-2-8-28-52/h1-50H. The quantitative estimate of drug-likeness (QED) is 0.153. The second kappa shape index (κ2) is 18.9. The summed E-state index contributed by atoms with van der Waals surface area (Å²) in [5, 5.41) is 0. The highest BCUT2D eigenvalue weighted by molar-refractivity contribution is 7.03. The van der Waals surface area contributed by atoms with Gasteiger partial charge in [-0.2, -0.15) is 0 Å². The van der Waals surface area contributed by atoms with Gasteiger partial charge in [0.25, 0.3) is 13.4 Å². The molecular weight excluding hydrogens is 1070 g/mol. The van der Waals surface area contributed by atoms with Gasteiger partial charge < -0.3 is 38.9 Å². The van der Waals surface area contributed by atoms with E-state index in [9.17, 15) is 0 Å². The molecule has 88 heavy (non-hydrogen) atoms. The maximum Gasteiger partial charge on any atom is 0.252 e. The summed E-state index contributed by atoms with van der Waals surface area (Å²) in [4.78, 5) is 14.9. The lowest BCUT2D eigenvalue weighted by atomic mass is 9.30. The van der Waals surface area contributed by atoms with E-state index in [4.69, 9.17) is 9.47 Å². The molecule has 0 unspecified atom stereocenters. The van der Waals surface area contributed by atoms with Crippen LogP contribution in [0.4, 0.5) is 102 Å². The molecule has 6 aliphatic heterocycles. The van der Waals surface area contributed by atoms with Crippen LogP contribution in [0.1, 0.15) is 0 Å². The number of anilines is 18. The zero-order chi connectivity index (χ0) is 57.6. The van der Waals surface area contributed by atoms with Gasteiger partial charge in [-0.25, -0.2) is 0 Å². The summed E-state index contributed by atoms with van der Waals surface area (Å²) in [5.74, 6) is 3.22. The van der Waals surface area contributed by atoms with Crippen molar-refractivity contribution in [1.82, 2.24) is 0 Å². The third kappa shape index (κ3) is 7.05. The van der Waals surface area contributed by atoms with E-state index in [1.165, 1.54) is 32.8 Å². The van der Waals surface area contributed by atoms with E-state index >= 15 is 0 Å². The number of nitrogens with zero attached hydrogens (tertiary/aromatic N) is 6. The smallest absolute Gasteiger partial charge is 0.252 e. The van der Waals surface area contributed by atoms with Crippen molar-refractivity contribution in [2.24, 2.45) is 0 Å². The molecule has 10 heteroatoms. The van der Waals surface area contributed by atoms with Crippen molar-refractivity contribution < 1.29 is 9.47 Å². The molecule has 13 aromatic carbocycles. The highest BCUT2D eigenvalue weighted by atomic mass is 16.5. The first kappa shape index (κ1) is 48.7. The Bertz CT molecular complexity index is 4610. The van der Waals surface area contributed by atoms with Crippen LogP contribution in [-0.2, 0) is 0 Å². The Morgan fingerprint density at radius 2 is 0.432 bits per heavy atom. The van der Waals surface area contributed by atoms with Gasteiger partial charge in [0.15, 0.2) is 23.0 Å². The summed E-state index contributed by atoms with van der Waals surface area (Å²) >= 11 is 0. The van der Waals surface area contributed by atoms with Crippen LogP contribution in [0.3, 0.4) is 0 Å². The number of hydrogen-bond acceptors (Lipinski definition) is 8. The van der Waals surface area contributed by atoms with Crippen molar-refractivity contribution in [3.63, 3.8) is 0 Å². The molecule has 6 heterocycles. The van der Waals surface area contributed by atoms with Crippen molar-refractivity contribution in [3.05, 3.63) is 303 Å². The normalized spacial score (nSPS) is 13.9. The number of rotatable bonds is 6. The average molecular weight is 1120 g/mol. The van der Waals surface area contributed by atoms with Crippen LogP contribution in [0.15, 0.2) is 303 Å². The lowest BCUT2D eigenvalue weighted by Crippen LogP contribution is -2.65. The lowest BCUT2D eigenvalue weighted by molar-refractivity contribution is 0.477. The Morgan fingerprint density at radius 3 is 0.750 bits per heavy atom. The minimum absolute atomic E-state index is 0.172. The van der Waals surface area contributed by atoms with Gasteiger partial charge in [-0.1, -0.05) is 164 Å². The summed E-state index contributed by atoms with van der Waals surface area (Å²) in [6.07, 6.45) is 0. The number of hydrogen-bond donors (Lipinski definition) is 0. The second-order valence-corrected chi connectivity index (χ2v) is 23.2. The molecule has 0 saturated heterocycles. The minimum Gasteiger partial charge on any atom is -0.453 e. The van der Waals surface area contributed by atoms with E-state index in [0.717, 1.165) is 125 Å². The molecule has 0 bridgehead atoms. The van der Waals surface area contributed by atoms with E-state index in [2.05, 4.69) is 333 Å². The number of fused-ring (bicyclic) bond motifs is 12. The van der Waals surface area contributed by atoms with Crippen molar-refractivity contribution >= 4 is 149 Å². The third-order valence-electron chi connectivity index (χ3n) is 18.5. The number of para-hydroxylation sites is 14. The van der Waals surface area contributed by atoms with E-state index in [1.54, 1.807) is 0 Å². The second-order valence-electron chi connectivity index (χ2n) is 23.2. The first-order valence-corrected chi connectivity index (χ1v) is 30.1. The predicted octanol–water partition coefficient (Wildman–Crippen LogP) is 17.0. The largest absolute Gasteiger partial charge is 0.453 e. The van der Waals surface area contributed by atoms with Gasteiger partial charge in [-0.15, -0.1) is 0 Å². The molecule has 0 N–H and O–H groups in total. The molecule has 8 nitrogen and oxygen atoms in total. The minimum atomic E-state index is -0.172. The maximum atomic E-state index is 6.70. The van der Waals surface area contributed by atoms with Crippen LogP contribution in [0.25, 0.3) is 0 Å².